The summed E-state index contributed by atoms with van der Waals surface area (Å²) in [6, 6.07) is 0.540. The molecule has 1 fully saturated rings. The molecular weight excluding hydrogens is 192 g/mol. The molecule has 1 rings (SSSR count). The lowest BCUT2D eigenvalue weighted by molar-refractivity contribution is -0.145. The molecule has 4 heteroatoms. The summed E-state index contributed by atoms with van der Waals surface area (Å²) in [5.41, 5.74) is 0. The average Bonchev–Trinajstić information content (AvgIpc) is 2.18. The Balaban J connectivity index is 2.31. The summed E-state index contributed by atoms with van der Waals surface area (Å²) in [5, 5.41) is 0. The number of rotatable bonds is 4. The van der Waals surface area contributed by atoms with Gasteiger partial charge in [0.2, 0.25) is 0 Å². The minimum atomic E-state index is -0.102. The highest BCUT2D eigenvalue weighted by molar-refractivity contribution is 5.71. The van der Waals surface area contributed by atoms with Gasteiger partial charge in [0.15, 0.2) is 0 Å². The van der Waals surface area contributed by atoms with E-state index in [0.29, 0.717) is 19.2 Å². The first-order valence-corrected chi connectivity index (χ1v) is 5.79. The fourth-order valence-corrected chi connectivity index (χ4v) is 2.07. The summed E-state index contributed by atoms with van der Waals surface area (Å²) in [5.74, 6) is -0.102. The first-order valence-electron chi connectivity index (χ1n) is 5.79. The zero-order valence-corrected chi connectivity index (χ0v) is 10.0. The highest BCUT2D eigenvalue weighted by atomic mass is 16.5. The maximum absolute atomic E-state index is 11.3. The Bertz CT molecular complexity index is 209. The fourth-order valence-electron chi connectivity index (χ4n) is 2.07. The monoisotopic (exact) mass is 214 g/mol. The Morgan fingerprint density at radius 3 is 2.67 bits per heavy atom. The van der Waals surface area contributed by atoms with E-state index in [9.17, 15) is 4.79 Å². The van der Waals surface area contributed by atoms with Gasteiger partial charge >= 0.3 is 5.97 Å². The molecule has 0 aliphatic carbocycles. The molecule has 1 aliphatic heterocycles. The molecule has 1 heterocycles. The molecule has 0 bridgehead atoms. The van der Waals surface area contributed by atoms with Gasteiger partial charge in [0, 0.05) is 25.7 Å². The van der Waals surface area contributed by atoms with Crippen LogP contribution in [-0.2, 0) is 9.53 Å². The molecule has 1 aliphatic rings. The predicted molar refractivity (Wildman–Crippen MR) is 59.8 cm³/mol. The molecule has 88 valence electrons. The second-order valence-electron chi connectivity index (χ2n) is 4.02. The first-order chi connectivity index (χ1) is 7.17. The summed E-state index contributed by atoms with van der Waals surface area (Å²) < 4.78 is 4.94. The van der Waals surface area contributed by atoms with Crippen molar-refractivity contribution in [2.75, 3.05) is 39.3 Å². The number of likely N-dealkylation sites (N-methyl/N-ethyl adjacent to an activating group) is 1. The Morgan fingerprint density at radius 2 is 2.13 bits per heavy atom. The molecule has 15 heavy (non-hydrogen) atoms. The van der Waals surface area contributed by atoms with E-state index >= 15 is 0 Å². The van der Waals surface area contributed by atoms with Gasteiger partial charge < -0.3 is 4.74 Å². The summed E-state index contributed by atoms with van der Waals surface area (Å²) >= 11 is 0. The van der Waals surface area contributed by atoms with Crippen molar-refractivity contribution in [2.45, 2.75) is 26.8 Å². The van der Waals surface area contributed by atoms with E-state index in [4.69, 9.17) is 4.74 Å². The number of hydrogen-bond donors (Lipinski definition) is 0. The van der Waals surface area contributed by atoms with Crippen LogP contribution in [0.3, 0.4) is 0 Å². The Kier molecular flexibility index (Phi) is 5.05. The third kappa shape index (κ3) is 3.80. The molecular formula is C11H22N2O2. The molecule has 1 saturated heterocycles. The maximum Gasteiger partial charge on any atom is 0.320 e. The molecule has 0 amide bonds. The minimum Gasteiger partial charge on any atom is -0.465 e. The van der Waals surface area contributed by atoms with Gasteiger partial charge in [-0.2, -0.15) is 0 Å². The van der Waals surface area contributed by atoms with E-state index in [-0.39, 0.29) is 5.97 Å². The Labute approximate surface area is 92.2 Å². The zero-order chi connectivity index (χ0) is 11.3. The molecule has 1 unspecified atom stereocenters. The normalized spacial score (nSPS) is 24.1. The quantitative estimate of drug-likeness (QED) is 0.641. The van der Waals surface area contributed by atoms with Crippen molar-refractivity contribution in [1.29, 1.82) is 0 Å². The first kappa shape index (κ1) is 12.5. The van der Waals surface area contributed by atoms with Crippen LogP contribution in [0.25, 0.3) is 0 Å². The molecule has 0 N–H and O–H groups in total. The second kappa shape index (κ2) is 6.08. The van der Waals surface area contributed by atoms with Crippen LogP contribution in [0, 0.1) is 0 Å². The molecule has 0 saturated carbocycles. The van der Waals surface area contributed by atoms with Crippen LogP contribution in [0.2, 0.25) is 0 Å². The molecule has 4 nitrogen and oxygen atoms in total. The van der Waals surface area contributed by atoms with Gasteiger partial charge in [-0.1, -0.05) is 6.92 Å². The van der Waals surface area contributed by atoms with Gasteiger partial charge in [0.25, 0.3) is 0 Å². The van der Waals surface area contributed by atoms with Crippen molar-refractivity contribution < 1.29 is 9.53 Å². The molecule has 0 aromatic heterocycles. The number of carbonyl (C=O) groups is 1. The highest BCUT2D eigenvalue weighted by Crippen LogP contribution is 2.08. The lowest BCUT2D eigenvalue weighted by Gasteiger charge is -2.38. The van der Waals surface area contributed by atoms with Gasteiger partial charge in [-0.05, 0) is 20.4 Å². The van der Waals surface area contributed by atoms with Crippen LogP contribution in [0.1, 0.15) is 20.8 Å². The van der Waals surface area contributed by atoms with Gasteiger partial charge in [0.1, 0.15) is 0 Å². The molecule has 0 aromatic carbocycles. The van der Waals surface area contributed by atoms with Crippen molar-refractivity contribution in [3.63, 3.8) is 0 Å². The van der Waals surface area contributed by atoms with Crippen LogP contribution in [0.15, 0.2) is 0 Å². The highest BCUT2D eigenvalue weighted by Gasteiger charge is 2.23. The maximum atomic E-state index is 11.3. The lowest BCUT2D eigenvalue weighted by atomic mass is 10.2. The zero-order valence-electron chi connectivity index (χ0n) is 10.0. The van der Waals surface area contributed by atoms with Crippen LogP contribution >= 0.6 is 0 Å². The van der Waals surface area contributed by atoms with Gasteiger partial charge in [0.05, 0.1) is 13.2 Å². The van der Waals surface area contributed by atoms with Crippen molar-refractivity contribution in [2.24, 2.45) is 0 Å². The fraction of sp³-hybridized carbons (Fsp3) is 0.909. The second-order valence-corrected chi connectivity index (χ2v) is 4.02. The number of nitrogens with zero attached hydrogens (tertiary/aromatic N) is 2. The Hall–Kier alpha value is -0.610. The van der Waals surface area contributed by atoms with E-state index in [1.807, 2.05) is 6.92 Å². The summed E-state index contributed by atoms with van der Waals surface area (Å²) in [7, 11) is 0. The van der Waals surface area contributed by atoms with Crippen molar-refractivity contribution in [3.8, 4) is 0 Å². The van der Waals surface area contributed by atoms with E-state index in [1.165, 1.54) is 0 Å². The average molecular weight is 214 g/mol. The van der Waals surface area contributed by atoms with Gasteiger partial charge in [-0.15, -0.1) is 0 Å². The standard InChI is InChI=1S/C11H22N2O2/c1-4-13-7-6-12(8-10(13)3)9-11(14)15-5-2/h10H,4-9H2,1-3H3. The summed E-state index contributed by atoms with van der Waals surface area (Å²) in [6.45, 7) is 11.2. The smallest absolute Gasteiger partial charge is 0.320 e. The topological polar surface area (TPSA) is 32.8 Å². The number of esters is 1. The lowest BCUT2D eigenvalue weighted by Crippen LogP contribution is -2.52. The number of carbonyl (C=O) groups excluding carboxylic acids is 1. The third-order valence-corrected chi connectivity index (χ3v) is 2.91. The largest absolute Gasteiger partial charge is 0.465 e. The van der Waals surface area contributed by atoms with Crippen molar-refractivity contribution in [1.82, 2.24) is 9.80 Å². The summed E-state index contributed by atoms with van der Waals surface area (Å²) in [4.78, 5) is 15.9. The molecule has 0 aromatic rings. The number of ether oxygens (including phenoxy) is 1. The van der Waals surface area contributed by atoms with Gasteiger partial charge in [-0.3, -0.25) is 14.6 Å². The Morgan fingerprint density at radius 1 is 1.40 bits per heavy atom. The SMILES string of the molecule is CCOC(=O)CN1CCN(CC)C(C)C1. The van der Waals surface area contributed by atoms with E-state index in [2.05, 4.69) is 23.6 Å². The number of hydrogen-bond acceptors (Lipinski definition) is 4. The van der Waals surface area contributed by atoms with E-state index in [0.717, 1.165) is 26.2 Å². The van der Waals surface area contributed by atoms with E-state index < -0.39 is 0 Å². The molecule has 0 radical (unpaired) electrons. The molecule has 1 atom stereocenters. The summed E-state index contributed by atoms with van der Waals surface area (Å²) in [6.07, 6.45) is 0. The van der Waals surface area contributed by atoms with Crippen LogP contribution < -0.4 is 0 Å². The minimum absolute atomic E-state index is 0.102. The third-order valence-electron chi connectivity index (χ3n) is 2.91. The van der Waals surface area contributed by atoms with Crippen LogP contribution in [0.4, 0.5) is 0 Å². The van der Waals surface area contributed by atoms with Crippen LogP contribution in [-0.4, -0.2) is 61.1 Å². The van der Waals surface area contributed by atoms with Gasteiger partial charge in [-0.25, -0.2) is 0 Å². The van der Waals surface area contributed by atoms with Crippen LogP contribution in [0.5, 0.6) is 0 Å². The number of piperazine rings is 1. The predicted octanol–water partition coefficient (Wildman–Crippen LogP) is 0.575. The van der Waals surface area contributed by atoms with Crippen molar-refractivity contribution >= 4 is 5.97 Å². The van der Waals surface area contributed by atoms with E-state index in [1.54, 1.807) is 0 Å². The van der Waals surface area contributed by atoms with Crippen molar-refractivity contribution in [3.05, 3.63) is 0 Å². The molecule has 0 spiro atoms.